The molecule has 0 aliphatic heterocycles. The average Bonchev–Trinajstić information content (AvgIpc) is 3.15. The number of benzene rings is 3. The van der Waals surface area contributed by atoms with Gasteiger partial charge in [0.15, 0.2) is 0 Å². The van der Waals surface area contributed by atoms with E-state index in [-0.39, 0.29) is 23.6 Å². The molecule has 0 saturated carbocycles. The quantitative estimate of drug-likeness (QED) is 0.294. The van der Waals surface area contributed by atoms with Crippen molar-refractivity contribution in [3.05, 3.63) is 113 Å². The average molecular weight is 470 g/mol. The fourth-order valence-corrected chi connectivity index (χ4v) is 3.75. The van der Waals surface area contributed by atoms with Gasteiger partial charge in [0.2, 0.25) is 0 Å². The predicted octanol–water partition coefficient (Wildman–Crippen LogP) is 7.63. The van der Waals surface area contributed by atoms with Gasteiger partial charge in [0.1, 0.15) is 35.6 Å². The van der Waals surface area contributed by atoms with Crippen molar-refractivity contribution < 1.29 is 23.0 Å². The highest BCUT2D eigenvalue weighted by atomic mass is 35.5. The van der Waals surface area contributed by atoms with Crippen molar-refractivity contribution in [2.45, 2.75) is 13.5 Å². The molecule has 0 atom stereocenters. The van der Waals surface area contributed by atoms with Gasteiger partial charge < -0.3 is 14.4 Å². The van der Waals surface area contributed by atoms with E-state index < -0.39 is 17.5 Å². The molecular formula is C26H19ClF3NO2. The summed E-state index contributed by atoms with van der Waals surface area (Å²) in [5.74, 6) is -1.83. The van der Waals surface area contributed by atoms with Crippen LogP contribution in [0.2, 0.25) is 5.02 Å². The molecule has 0 unspecified atom stereocenters. The first-order valence-corrected chi connectivity index (χ1v) is 10.4. The Balaban J connectivity index is 1.81. The van der Waals surface area contributed by atoms with Gasteiger partial charge in [0.05, 0.1) is 16.9 Å². The lowest BCUT2D eigenvalue weighted by Gasteiger charge is -2.17. The summed E-state index contributed by atoms with van der Waals surface area (Å²) in [6, 6.07) is 16.1. The molecule has 0 radical (unpaired) electrons. The Bertz CT molecular complexity index is 1340. The SMILES string of the molecule is C=C(O)c1ccc(F)c(-n2c(C)ccc2-c2cc(Cl)ccc2OCc2c(F)cccc2F)c1. The van der Waals surface area contributed by atoms with Crippen LogP contribution in [-0.4, -0.2) is 9.67 Å². The normalized spacial score (nSPS) is 10.9. The number of halogens is 4. The molecule has 0 aliphatic rings. The standard InChI is InChI=1S/C26H19ClF3NO2/c1-15-6-10-24(31(15)25-12-17(16(2)32)7-9-23(25)30)19-13-18(27)8-11-26(19)33-14-20-21(28)4-3-5-22(20)29/h3-13,32H,2,14H2,1H3. The molecule has 0 bridgehead atoms. The number of aliphatic hydroxyl groups excluding tert-OH is 1. The van der Waals surface area contributed by atoms with Crippen molar-refractivity contribution in [3.63, 3.8) is 0 Å². The van der Waals surface area contributed by atoms with Gasteiger partial charge in [-0.2, -0.15) is 0 Å². The number of rotatable bonds is 6. The Morgan fingerprint density at radius 3 is 2.39 bits per heavy atom. The first kappa shape index (κ1) is 22.6. The topological polar surface area (TPSA) is 34.4 Å². The summed E-state index contributed by atoms with van der Waals surface area (Å²) >= 11 is 6.23. The fraction of sp³-hybridized carbons (Fsp3) is 0.0769. The molecule has 168 valence electrons. The second-order valence-corrected chi connectivity index (χ2v) is 7.87. The summed E-state index contributed by atoms with van der Waals surface area (Å²) in [6.07, 6.45) is 0. The van der Waals surface area contributed by atoms with E-state index >= 15 is 0 Å². The maximum atomic E-state index is 14.8. The second-order valence-electron chi connectivity index (χ2n) is 7.44. The zero-order valence-electron chi connectivity index (χ0n) is 17.6. The third-order valence-corrected chi connectivity index (χ3v) is 5.48. The third kappa shape index (κ3) is 4.47. The molecule has 0 aliphatic carbocycles. The zero-order valence-corrected chi connectivity index (χ0v) is 18.3. The highest BCUT2D eigenvalue weighted by Crippen LogP contribution is 2.37. The van der Waals surface area contributed by atoms with Gasteiger partial charge in [-0.3, -0.25) is 0 Å². The van der Waals surface area contributed by atoms with Crippen molar-refractivity contribution >= 4 is 17.4 Å². The van der Waals surface area contributed by atoms with E-state index in [9.17, 15) is 18.3 Å². The van der Waals surface area contributed by atoms with E-state index in [0.717, 1.165) is 12.1 Å². The first-order valence-electron chi connectivity index (χ1n) is 9.98. The lowest BCUT2D eigenvalue weighted by molar-refractivity contribution is 0.293. The van der Waals surface area contributed by atoms with Crippen LogP contribution in [0, 0.1) is 24.4 Å². The number of hydrogen-bond acceptors (Lipinski definition) is 2. The van der Waals surface area contributed by atoms with Crippen LogP contribution >= 0.6 is 11.6 Å². The van der Waals surface area contributed by atoms with E-state index in [2.05, 4.69) is 6.58 Å². The Labute approximate surface area is 193 Å². The molecule has 7 heteroatoms. The predicted molar refractivity (Wildman–Crippen MR) is 123 cm³/mol. The highest BCUT2D eigenvalue weighted by molar-refractivity contribution is 6.31. The van der Waals surface area contributed by atoms with Crippen molar-refractivity contribution in [3.8, 4) is 22.7 Å². The molecule has 3 aromatic carbocycles. The minimum atomic E-state index is -0.715. The van der Waals surface area contributed by atoms with Gasteiger partial charge in [-0.1, -0.05) is 24.2 Å². The Hall–Kier alpha value is -3.64. The van der Waals surface area contributed by atoms with Gasteiger partial charge in [-0.25, -0.2) is 13.2 Å². The van der Waals surface area contributed by atoms with Crippen LogP contribution in [0.15, 0.2) is 73.3 Å². The summed E-state index contributed by atoms with van der Waals surface area (Å²) in [4.78, 5) is 0. The molecule has 0 saturated heterocycles. The summed E-state index contributed by atoms with van der Waals surface area (Å²) in [6.45, 7) is 4.95. The lowest BCUT2D eigenvalue weighted by atomic mass is 10.1. The number of hydrogen-bond donors (Lipinski definition) is 1. The van der Waals surface area contributed by atoms with Crippen LogP contribution in [0.25, 0.3) is 22.7 Å². The molecular weight excluding hydrogens is 451 g/mol. The molecule has 4 aromatic rings. The van der Waals surface area contributed by atoms with Gasteiger partial charge in [0.25, 0.3) is 0 Å². The van der Waals surface area contributed by atoms with Gasteiger partial charge in [-0.15, -0.1) is 0 Å². The number of aryl methyl sites for hydroxylation is 1. The van der Waals surface area contributed by atoms with E-state index in [4.69, 9.17) is 16.3 Å². The van der Waals surface area contributed by atoms with E-state index in [0.29, 0.717) is 33.3 Å². The van der Waals surface area contributed by atoms with Crippen LogP contribution in [0.5, 0.6) is 5.75 Å². The molecule has 1 heterocycles. The monoisotopic (exact) mass is 469 g/mol. The second kappa shape index (κ2) is 9.08. The molecule has 1 aromatic heterocycles. The van der Waals surface area contributed by atoms with Gasteiger partial charge >= 0.3 is 0 Å². The number of ether oxygens (including phenoxy) is 1. The third-order valence-electron chi connectivity index (χ3n) is 5.25. The maximum absolute atomic E-state index is 14.8. The molecule has 0 fully saturated rings. The van der Waals surface area contributed by atoms with E-state index in [1.807, 2.05) is 0 Å². The summed E-state index contributed by atoms with van der Waals surface area (Å²) in [7, 11) is 0. The summed E-state index contributed by atoms with van der Waals surface area (Å²) in [5, 5.41) is 10.2. The van der Waals surface area contributed by atoms with Crippen LogP contribution < -0.4 is 4.74 Å². The van der Waals surface area contributed by atoms with E-state index in [1.165, 1.54) is 24.3 Å². The molecule has 3 nitrogen and oxygen atoms in total. The molecule has 0 amide bonds. The van der Waals surface area contributed by atoms with Crippen LogP contribution in [0.4, 0.5) is 13.2 Å². The number of aliphatic hydroxyl groups is 1. The molecule has 33 heavy (non-hydrogen) atoms. The minimum Gasteiger partial charge on any atom is -0.508 e. The zero-order chi connectivity index (χ0) is 23.7. The first-order chi connectivity index (χ1) is 15.8. The van der Waals surface area contributed by atoms with Crippen molar-refractivity contribution in [1.82, 2.24) is 4.57 Å². The molecule has 1 N–H and O–H groups in total. The summed E-state index contributed by atoms with van der Waals surface area (Å²) in [5.41, 5.74) is 2.09. The number of aromatic nitrogens is 1. The largest absolute Gasteiger partial charge is 0.508 e. The molecule has 4 rings (SSSR count). The lowest BCUT2D eigenvalue weighted by Crippen LogP contribution is -2.05. The van der Waals surface area contributed by atoms with Crippen LogP contribution in [0.1, 0.15) is 16.8 Å². The van der Waals surface area contributed by atoms with Gasteiger partial charge in [-0.05, 0) is 67.6 Å². The van der Waals surface area contributed by atoms with E-state index in [1.54, 1.807) is 41.8 Å². The van der Waals surface area contributed by atoms with Crippen molar-refractivity contribution in [1.29, 1.82) is 0 Å². The number of nitrogens with zero attached hydrogens (tertiary/aromatic N) is 1. The Morgan fingerprint density at radius 2 is 1.70 bits per heavy atom. The Kier molecular flexibility index (Phi) is 6.20. The smallest absolute Gasteiger partial charge is 0.147 e. The van der Waals surface area contributed by atoms with Gasteiger partial charge in [0, 0.05) is 21.8 Å². The van der Waals surface area contributed by atoms with Crippen LogP contribution in [0.3, 0.4) is 0 Å². The summed E-state index contributed by atoms with van der Waals surface area (Å²) < 4.78 is 50.4. The molecule has 0 spiro atoms. The maximum Gasteiger partial charge on any atom is 0.147 e. The Morgan fingerprint density at radius 1 is 0.970 bits per heavy atom. The van der Waals surface area contributed by atoms with Crippen molar-refractivity contribution in [2.75, 3.05) is 0 Å². The van der Waals surface area contributed by atoms with Crippen molar-refractivity contribution in [2.24, 2.45) is 0 Å². The minimum absolute atomic E-state index is 0.186. The van der Waals surface area contributed by atoms with Crippen LogP contribution in [-0.2, 0) is 6.61 Å². The highest BCUT2D eigenvalue weighted by Gasteiger charge is 2.19. The fourth-order valence-electron chi connectivity index (χ4n) is 3.58.